The summed E-state index contributed by atoms with van der Waals surface area (Å²) in [4.78, 5) is 18.1. The number of H-pyrrole nitrogens is 1. The predicted octanol–water partition coefficient (Wildman–Crippen LogP) is 1.25. The van der Waals surface area contributed by atoms with E-state index in [2.05, 4.69) is 24.8 Å². The van der Waals surface area contributed by atoms with Gasteiger partial charge < -0.3 is 9.88 Å². The number of anilines is 1. The lowest BCUT2D eigenvalue weighted by atomic mass is 10.3. The molecule has 1 aliphatic rings. The normalized spacial score (nSPS) is 16.9. The summed E-state index contributed by atoms with van der Waals surface area (Å²) in [5, 5.41) is 0. The number of fused-ring (bicyclic) bond motifs is 1. The van der Waals surface area contributed by atoms with Crippen LogP contribution in [0.1, 0.15) is 6.42 Å². The molecular weight excluding hydrogens is 340 g/mol. The fourth-order valence-corrected chi connectivity index (χ4v) is 4.57. The highest BCUT2D eigenvalue weighted by molar-refractivity contribution is 7.89. The van der Waals surface area contributed by atoms with Crippen molar-refractivity contribution in [3.63, 3.8) is 0 Å². The zero-order valence-electron chi connectivity index (χ0n) is 13.5. The first kappa shape index (κ1) is 16.0. The number of nitrogens with zero attached hydrogens (tertiary/aromatic N) is 5. The average Bonchev–Trinajstić information content (AvgIpc) is 2.98. The van der Waals surface area contributed by atoms with Crippen LogP contribution in [0, 0.1) is 0 Å². The molecular formula is C16H18N6O2S. The van der Waals surface area contributed by atoms with Crippen molar-refractivity contribution >= 4 is 27.0 Å². The van der Waals surface area contributed by atoms with E-state index in [-0.39, 0.29) is 0 Å². The number of hydrogen-bond donors (Lipinski definition) is 1. The Morgan fingerprint density at radius 1 is 0.960 bits per heavy atom. The molecule has 0 bridgehead atoms. The second-order valence-corrected chi connectivity index (χ2v) is 7.79. The van der Waals surface area contributed by atoms with E-state index < -0.39 is 10.0 Å². The van der Waals surface area contributed by atoms with E-state index in [1.807, 2.05) is 6.07 Å². The number of imidazole rings is 1. The molecule has 1 aromatic carbocycles. The molecule has 4 rings (SSSR count). The van der Waals surface area contributed by atoms with E-state index >= 15 is 0 Å². The van der Waals surface area contributed by atoms with Gasteiger partial charge in [-0.25, -0.2) is 23.4 Å². The number of hydrogen-bond acceptors (Lipinski definition) is 6. The van der Waals surface area contributed by atoms with Gasteiger partial charge in [0, 0.05) is 26.2 Å². The summed E-state index contributed by atoms with van der Waals surface area (Å²) in [6, 6.07) is 8.57. The van der Waals surface area contributed by atoms with Crippen LogP contribution in [0.2, 0.25) is 0 Å². The summed E-state index contributed by atoms with van der Waals surface area (Å²) in [5.41, 5.74) is 1.39. The Kier molecular flexibility index (Phi) is 4.10. The van der Waals surface area contributed by atoms with Crippen molar-refractivity contribution in [2.75, 3.05) is 31.1 Å². The van der Waals surface area contributed by atoms with Crippen molar-refractivity contribution in [3.05, 3.63) is 43.0 Å². The minimum atomic E-state index is -3.47. The van der Waals surface area contributed by atoms with E-state index in [9.17, 15) is 8.42 Å². The van der Waals surface area contributed by atoms with E-state index in [0.717, 1.165) is 24.3 Å². The van der Waals surface area contributed by atoms with E-state index in [0.29, 0.717) is 30.2 Å². The Morgan fingerprint density at radius 2 is 1.80 bits per heavy atom. The Hall–Kier alpha value is -2.52. The zero-order valence-corrected chi connectivity index (χ0v) is 14.4. The van der Waals surface area contributed by atoms with Crippen LogP contribution >= 0.6 is 0 Å². The summed E-state index contributed by atoms with van der Waals surface area (Å²) < 4.78 is 27.2. The topological polar surface area (TPSA) is 95.1 Å². The Balaban J connectivity index is 1.58. The van der Waals surface area contributed by atoms with Gasteiger partial charge in [0.15, 0.2) is 11.5 Å². The highest BCUT2D eigenvalue weighted by Gasteiger charge is 2.27. The molecule has 0 saturated carbocycles. The summed E-state index contributed by atoms with van der Waals surface area (Å²) in [6.45, 7) is 2.20. The smallest absolute Gasteiger partial charge is 0.243 e. The van der Waals surface area contributed by atoms with Crippen LogP contribution in [0.4, 0.5) is 5.82 Å². The average molecular weight is 358 g/mol. The number of nitrogens with one attached hydrogen (secondary N) is 1. The lowest BCUT2D eigenvalue weighted by Gasteiger charge is -2.22. The lowest BCUT2D eigenvalue weighted by molar-refractivity contribution is 0.433. The molecule has 3 heterocycles. The molecule has 25 heavy (non-hydrogen) atoms. The van der Waals surface area contributed by atoms with Crippen molar-refractivity contribution in [1.82, 2.24) is 24.2 Å². The van der Waals surface area contributed by atoms with Crippen LogP contribution in [0.3, 0.4) is 0 Å². The van der Waals surface area contributed by atoms with E-state index in [1.165, 1.54) is 6.33 Å². The molecule has 1 saturated heterocycles. The molecule has 0 aliphatic carbocycles. The minimum absolute atomic E-state index is 0.335. The van der Waals surface area contributed by atoms with E-state index in [4.69, 9.17) is 0 Å². The quantitative estimate of drug-likeness (QED) is 0.757. The predicted molar refractivity (Wildman–Crippen MR) is 93.7 cm³/mol. The maximum absolute atomic E-state index is 12.8. The van der Waals surface area contributed by atoms with Crippen LogP contribution < -0.4 is 4.90 Å². The van der Waals surface area contributed by atoms with Gasteiger partial charge in [0.1, 0.15) is 11.8 Å². The molecule has 0 unspecified atom stereocenters. The highest BCUT2D eigenvalue weighted by Crippen LogP contribution is 2.23. The number of aromatic amines is 1. The third kappa shape index (κ3) is 2.96. The summed E-state index contributed by atoms with van der Waals surface area (Å²) in [7, 11) is -3.47. The second kappa shape index (κ2) is 6.41. The Morgan fingerprint density at radius 3 is 2.64 bits per heavy atom. The van der Waals surface area contributed by atoms with Crippen LogP contribution in [0.5, 0.6) is 0 Å². The summed E-state index contributed by atoms with van der Waals surface area (Å²) in [6.07, 6.45) is 3.81. The number of benzene rings is 1. The second-order valence-electron chi connectivity index (χ2n) is 5.86. The van der Waals surface area contributed by atoms with Gasteiger partial charge in [-0.3, -0.25) is 0 Å². The lowest BCUT2D eigenvalue weighted by Crippen LogP contribution is -2.35. The SMILES string of the molecule is O=S(=O)(c1ccccc1)N1CCCN(c2ncnc3nc[nH]c23)CC1. The van der Waals surface area contributed by atoms with Crippen molar-refractivity contribution < 1.29 is 8.42 Å². The molecule has 9 heteroatoms. The zero-order chi connectivity index (χ0) is 17.3. The van der Waals surface area contributed by atoms with Gasteiger partial charge in [0.05, 0.1) is 11.2 Å². The van der Waals surface area contributed by atoms with Crippen LogP contribution in [0.25, 0.3) is 11.2 Å². The summed E-state index contributed by atoms with van der Waals surface area (Å²) >= 11 is 0. The first-order chi connectivity index (χ1) is 12.2. The molecule has 8 nitrogen and oxygen atoms in total. The standard InChI is InChI=1S/C16H18N6O2S/c23-25(24,13-5-2-1-3-6-13)22-8-4-7-21(9-10-22)16-14-15(18-11-17-14)19-12-20-16/h1-3,5-6,11-12H,4,7-10H2,(H,17,18,19,20). The highest BCUT2D eigenvalue weighted by atomic mass is 32.2. The van der Waals surface area contributed by atoms with Crippen LogP contribution in [0.15, 0.2) is 47.9 Å². The maximum Gasteiger partial charge on any atom is 0.243 e. The third-order valence-electron chi connectivity index (χ3n) is 4.34. The Labute approximate surface area is 145 Å². The summed E-state index contributed by atoms with van der Waals surface area (Å²) in [5.74, 6) is 0.765. The third-order valence-corrected chi connectivity index (χ3v) is 6.25. The van der Waals surface area contributed by atoms with E-state index in [1.54, 1.807) is 34.9 Å². The van der Waals surface area contributed by atoms with Crippen molar-refractivity contribution in [3.8, 4) is 0 Å². The molecule has 3 aromatic rings. The molecule has 1 aliphatic heterocycles. The molecule has 0 atom stereocenters. The monoisotopic (exact) mass is 358 g/mol. The van der Waals surface area contributed by atoms with Crippen LogP contribution in [-0.4, -0.2) is 58.8 Å². The van der Waals surface area contributed by atoms with Crippen molar-refractivity contribution in [2.45, 2.75) is 11.3 Å². The van der Waals surface area contributed by atoms with Gasteiger partial charge >= 0.3 is 0 Å². The van der Waals surface area contributed by atoms with Gasteiger partial charge in [0.25, 0.3) is 0 Å². The van der Waals surface area contributed by atoms with Gasteiger partial charge in [-0.1, -0.05) is 18.2 Å². The molecule has 130 valence electrons. The number of rotatable bonds is 3. The van der Waals surface area contributed by atoms with Crippen LogP contribution in [-0.2, 0) is 10.0 Å². The van der Waals surface area contributed by atoms with Gasteiger partial charge in [0.2, 0.25) is 10.0 Å². The Bertz CT molecular complexity index is 972. The van der Waals surface area contributed by atoms with Gasteiger partial charge in [-0.05, 0) is 18.6 Å². The molecule has 1 N–H and O–H groups in total. The fraction of sp³-hybridized carbons (Fsp3) is 0.312. The molecule has 1 fully saturated rings. The first-order valence-corrected chi connectivity index (χ1v) is 9.54. The minimum Gasteiger partial charge on any atom is -0.353 e. The fourth-order valence-electron chi connectivity index (χ4n) is 3.08. The first-order valence-electron chi connectivity index (χ1n) is 8.10. The van der Waals surface area contributed by atoms with Gasteiger partial charge in [-0.2, -0.15) is 4.31 Å². The molecule has 0 spiro atoms. The maximum atomic E-state index is 12.8. The van der Waals surface area contributed by atoms with Crippen molar-refractivity contribution in [1.29, 1.82) is 0 Å². The molecule has 2 aromatic heterocycles. The molecule has 0 amide bonds. The molecule has 0 radical (unpaired) electrons. The number of aromatic nitrogens is 4. The number of sulfonamides is 1. The van der Waals surface area contributed by atoms with Crippen molar-refractivity contribution in [2.24, 2.45) is 0 Å². The van der Waals surface area contributed by atoms with Gasteiger partial charge in [-0.15, -0.1) is 0 Å². The largest absolute Gasteiger partial charge is 0.353 e.